The number of ether oxygens (including phenoxy) is 1. The Labute approximate surface area is 185 Å². The number of carbonyl (C=O) groups is 1. The molecule has 1 aromatic carbocycles. The van der Waals surface area contributed by atoms with E-state index in [9.17, 15) is 4.79 Å². The third-order valence-corrected chi connectivity index (χ3v) is 7.22. The topological polar surface area (TPSA) is 77.2 Å². The second-order valence-electron chi connectivity index (χ2n) is 7.74. The highest BCUT2D eigenvalue weighted by Gasteiger charge is 2.16. The molecule has 1 fully saturated rings. The van der Waals surface area contributed by atoms with Crippen LogP contribution in [0.3, 0.4) is 0 Å². The van der Waals surface area contributed by atoms with Crippen molar-refractivity contribution < 1.29 is 9.53 Å². The van der Waals surface area contributed by atoms with Crippen LogP contribution in [0.2, 0.25) is 5.02 Å². The maximum absolute atomic E-state index is 12.7. The number of nitrogens with one attached hydrogen (secondary N) is 1. The Morgan fingerprint density at radius 2 is 2.10 bits per heavy atom. The number of carbonyl (C=O) groups excluding carboxylic acids is 1. The number of aromatic nitrogens is 1. The fraction of sp³-hybridized carbons (Fsp3) is 0.391. The Morgan fingerprint density at radius 1 is 1.27 bits per heavy atom. The van der Waals surface area contributed by atoms with Crippen LogP contribution >= 0.6 is 22.9 Å². The van der Waals surface area contributed by atoms with Gasteiger partial charge < -0.3 is 15.8 Å². The van der Waals surface area contributed by atoms with Crippen molar-refractivity contribution >= 4 is 45.3 Å². The van der Waals surface area contributed by atoms with Gasteiger partial charge in [0.25, 0.3) is 0 Å². The van der Waals surface area contributed by atoms with Crippen LogP contribution in [-0.4, -0.2) is 30.5 Å². The summed E-state index contributed by atoms with van der Waals surface area (Å²) in [6.07, 6.45) is 5.05. The normalized spacial score (nSPS) is 15.0. The molecule has 7 heteroatoms. The van der Waals surface area contributed by atoms with Gasteiger partial charge in [-0.05, 0) is 54.8 Å². The third-order valence-electron chi connectivity index (χ3n) is 5.59. The standard InChI is InChI=1S/C23H26ClN3O2S/c24-19-12-21(30-22(19)14-26-13-16-6-9-29-10-7-16)20(28)4-2-15-1-3-18-17(11-15)5-8-27-23(18)25/h1,3,5,8,11-12,16,26H,2,4,6-7,9-10,13-14H2,(H2,25,27). The summed E-state index contributed by atoms with van der Waals surface area (Å²) in [5.41, 5.74) is 7.02. The first-order valence-corrected chi connectivity index (χ1v) is 11.5. The van der Waals surface area contributed by atoms with E-state index in [0.29, 0.717) is 36.1 Å². The van der Waals surface area contributed by atoms with E-state index in [1.807, 2.05) is 24.3 Å². The molecule has 0 radical (unpaired) electrons. The van der Waals surface area contributed by atoms with Gasteiger partial charge in [0.15, 0.2) is 5.78 Å². The first kappa shape index (κ1) is 21.2. The number of halogens is 1. The van der Waals surface area contributed by atoms with Gasteiger partial charge in [-0.25, -0.2) is 4.98 Å². The van der Waals surface area contributed by atoms with E-state index < -0.39 is 0 Å². The summed E-state index contributed by atoms with van der Waals surface area (Å²) < 4.78 is 5.40. The molecule has 0 unspecified atom stereocenters. The van der Waals surface area contributed by atoms with Crippen LogP contribution in [0.4, 0.5) is 5.82 Å². The molecule has 3 N–H and O–H groups in total. The van der Waals surface area contributed by atoms with Gasteiger partial charge in [0.05, 0.1) is 9.90 Å². The van der Waals surface area contributed by atoms with Crippen molar-refractivity contribution in [2.75, 3.05) is 25.5 Å². The van der Waals surface area contributed by atoms with Crippen molar-refractivity contribution in [3.05, 3.63) is 56.9 Å². The number of thiophene rings is 1. The Morgan fingerprint density at radius 3 is 2.93 bits per heavy atom. The minimum Gasteiger partial charge on any atom is -0.383 e. The largest absolute Gasteiger partial charge is 0.383 e. The van der Waals surface area contributed by atoms with Gasteiger partial charge in [-0.1, -0.05) is 29.8 Å². The molecular weight excluding hydrogens is 418 g/mol. The number of nitrogens with two attached hydrogens (primary N) is 1. The van der Waals surface area contributed by atoms with Gasteiger partial charge in [-0.3, -0.25) is 4.79 Å². The predicted molar refractivity (Wildman–Crippen MR) is 123 cm³/mol. The van der Waals surface area contributed by atoms with E-state index in [1.54, 1.807) is 6.20 Å². The molecule has 1 aliphatic heterocycles. The monoisotopic (exact) mass is 443 g/mol. The number of benzene rings is 1. The molecule has 3 aromatic rings. The summed E-state index contributed by atoms with van der Waals surface area (Å²) in [6, 6.07) is 9.82. The Hall–Kier alpha value is -1.99. The Bertz CT molecular complexity index is 1030. The van der Waals surface area contributed by atoms with Crippen LogP contribution < -0.4 is 11.1 Å². The smallest absolute Gasteiger partial charge is 0.173 e. The van der Waals surface area contributed by atoms with Crippen molar-refractivity contribution in [3.63, 3.8) is 0 Å². The number of nitrogens with zero attached hydrogens (tertiary/aromatic N) is 1. The molecule has 1 aliphatic rings. The van der Waals surface area contributed by atoms with Gasteiger partial charge in [0, 0.05) is 42.6 Å². The zero-order valence-electron chi connectivity index (χ0n) is 16.8. The summed E-state index contributed by atoms with van der Waals surface area (Å²) >= 11 is 7.89. The minimum absolute atomic E-state index is 0.131. The van der Waals surface area contributed by atoms with Crippen LogP contribution in [0, 0.1) is 5.92 Å². The lowest BCUT2D eigenvalue weighted by Gasteiger charge is -2.22. The zero-order valence-corrected chi connectivity index (χ0v) is 18.4. The van der Waals surface area contributed by atoms with Crippen LogP contribution in [-0.2, 0) is 17.7 Å². The van der Waals surface area contributed by atoms with E-state index in [1.165, 1.54) is 11.3 Å². The zero-order chi connectivity index (χ0) is 20.9. The van der Waals surface area contributed by atoms with Gasteiger partial charge in [-0.2, -0.15) is 0 Å². The molecule has 158 valence electrons. The number of hydrogen-bond acceptors (Lipinski definition) is 6. The number of fused-ring (bicyclic) bond motifs is 1. The number of anilines is 1. The van der Waals surface area contributed by atoms with Gasteiger partial charge >= 0.3 is 0 Å². The second kappa shape index (κ2) is 9.88. The van der Waals surface area contributed by atoms with Crippen LogP contribution in [0.1, 0.15) is 39.4 Å². The maximum atomic E-state index is 12.7. The summed E-state index contributed by atoms with van der Waals surface area (Å²) in [5.74, 6) is 1.32. The number of aryl methyl sites for hydroxylation is 1. The van der Waals surface area contributed by atoms with Gasteiger partial charge in [0.1, 0.15) is 5.82 Å². The van der Waals surface area contributed by atoms with Crippen molar-refractivity contribution in [1.29, 1.82) is 0 Å². The number of ketones is 1. The van der Waals surface area contributed by atoms with E-state index in [4.69, 9.17) is 22.1 Å². The summed E-state index contributed by atoms with van der Waals surface area (Å²) in [4.78, 5) is 18.6. The van der Waals surface area contributed by atoms with Crippen LogP contribution in [0.15, 0.2) is 36.5 Å². The van der Waals surface area contributed by atoms with Gasteiger partial charge in [0.2, 0.25) is 0 Å². The Balaban J connectivity index is 1.32. The lowest BCUT2D eigenvalue weighted by molar-refractivity contribution is 0.0662. The molecule has 0 amide bonds. The molecule has 0 atom stereocenters. The summed E-state index contributed by atoms with van der Waals surface area (Å²) in [5, 5.41) is 6.15. The quantitative estimate of drug-likeness (QED) is 0.486. The van der Waals surface area contributed by atoms with E-state index in [2.05, 4.69) is 16.4 Å². The lowest BCUT2D eigenvalue weighted by Crippen LogP contribution is -2.27. The first-order valence-electron chi connectivity index (χ1n) is 10.3. The maximum Gasteiger partial charge on any atom is 0.173 e. The second-order valence-corrected chi connectivity index (χ2v) is 9.29. The van der Waals surface area contributed by atoms with Crippen LogP contribution in [0.5, 0.6) is 0 Å². The number of rotatable bonds is 8. The lowest BCUT2D eigenvalue weighted by atomic mass is 10.0. The molecular formula is C23H26ClN3O2S. The molecule has 2 aromatic heterocycles. The number of hydrogen-bond donors (Lipinski definition) is 2. The van der Waals surface area contributed by atoms with Gasteiger partial charge in [-0.15, -0.1) is 11.3 Å². The number of nitrogen functional groups attached to an aromatic ring is 1. The Kier molecular flexibility index (Phi) is 7.00. The number of pyridine rings is 1. The highest BCUT2D eigenvalue weighted by atomic mass is 35.5. The van der Waals surface area contributed by atoms with Crippen molar-refractivity contribution in [2.45, 2.75) is 32.2 Å². The summed E-state index contributed by atoms with van der Waals surface area (Å²) in [7, 11) is 0. The molecule has 0 spiro atoms. The average Bonchev–Trinajstić information content (AvgIpc) is 3.13. The summed E-state index contributed by atoms with van der Waals surface area (Å²) in [6.45, 7) is 3.37. The molecule has 0 bridgehead atoms. The molecule has 3 heterocycles. The van der Waals surface area contributed by atoms with E-state index in [-0.39, 0.29) is 5.78 Å². The molecule has 30 heavy (non-hydrogen) atoms. The minimum atomic E-state index is 0.131. The highest BCUT2D eigenvalue weighted by Crippen LogP contribution is 2.29. The van der Waals surface area contributed by atoms with Crippen molar-refractivity contribution in [3.8, 4) is 0 Å². The highest BCUT2D eigenvalue weighted by molar-refractivity contribution is 7.14. The van der Waals surface area contributed by atoms with E-state index in [0.717, 1.165) is 58.7 Å². The first-order chi connectivity index (χ1) is 14.6. The third kappa shape index (κ3) is 5.19. The SMILES string of the molecule is Nc1nccc2cc(CCC(=O)c3cc(Cl)c(CNCC4CCOCC4)s3)ccc12. The molecule has 4 rings (SSSR count). The molecule has 1 saturated heterocycles. The van der Waals surface area contributed by atoms with Crippen molar-refractivity contribution in [1.82, 2.24) is 10.3 Å². The fourth-order valence-corrected chi connectivity index (χ4v) is 5.14. The number of Topliss-reactive ketones (excluding diaryl/α,β-unsaturated/α-hetero) is 1. The molecule has 0 aliphatic carbocycles. The fourth-order valence-electron chi connectivity index (χ4n) is 3.79. The molecule has 0 saturated carbocycles. The average molecular weight is 444 g/mol. The predicted octanol–water partition coefficient (Wildman–Crippen LogP) is 4.86. The molecule has 5 nitrogen and oxygen atoms in total. The van der Waals surface area contributed by atoms with E-state index >= 15 is 0 Å². The van der Waals surface area contributed by atoms with Crippen molar-refractivity contribution in [2.24, 2.45) is 5.92 Å². The van der Waals surface area contributed by atoms with Crippen LogP contribution in [0.25, 0.3) is 10.8 Å².